The number of aromatic carboxylic acids is 1. The van der Waals surface area contributed by atoms with Crippen molar-refractivity contribution in [3.8, 4) is 0 Å². The van der Waals surface area contributed by atoms with Crippen molar-refractivity contribution in [1.29, 1.82) is 0 Å². The van der Waals surface area contributed by atoms with Crippen LogP contribution in [0.5, 0.6) is 0 Å². The summed E-state index contributed by atoms with van der Waals surface area (Å²) in [7, 11) is 0. The molecule has 0 amide bonds. The number of hydrogen-bond donors (Lipinski definition) is 1. The Labute approximate surface area is 100 Å². The van der Waals surface area contributed by atoms with Gasteiger partial charge in [0.2, 0.25) is 5.95 Å². The molecule has 1 rings (SSSR count). The molecule has 5 heteroatoms. The normalized spacial score (nSPS) is 9.71. The molecule has 0 unspecified atom stereocenters. The molecule has 0 aliphatic heterocycles. The van der Waals surface area contributed by atoms with Crippen molar-refractivity contribution in [2.45, 2.75) is 6.92 Å². The molecule has 0 saturated heterocycles. The molecular formula is C12H15N3O2. The molecule has 90 valence electrons. The predicted octanol–water partition coefficient (Wildman–Crippen LogP) is 1.66. The first-order chi connectivity index (χ1) is 8.10. The van der Waals surface area contributed by atoms with E-state index in [9.17, 15) is 4.79 Å². The summed E-state index contributed by atoms with van der Waals surface area (Å²) < 4.78 is 0. The minimum Gasteiger partial charge on any atom is -0.478 e. The summed E-state index contributed by atoms with van der Waals surface area (Å²) in [5.41, 5.74) is 0.562. The summed E-state index contributed by atoms with van der Waals surface area (Å²) in [6.45, 7) is 10.1. The van der Waals surface area contributed by atoms with Crippen molar-refractivity contribution in [3.05, 3.63) is 42.8 Å². The summed E-state index contributed by atoms with van der Waals surface area (Å²) in [4.78, 5) is 20.9. The molecule has 5 nitrogen and oxygen atoms in total. The van der Waals surface area contributed by atoms with E-state index in [0.29, 0.717) is 24.7 Å². The van der Waals surface area contributed by atoms with Gasteiger partial charge in [0.1, 0.15) is 0 Å². The molecular weight excluding hydrogens is 218 g/mol. The number of anilines is 1. The molecule has 1 aromatic rings. The number of carbonyl (C=O) groups is 1. The topological polar surface area (TPSA) is 66.3 Å². The third kappa shape index (κ3) is 3.14. The Morgan fingerprint density at radius 2 is 2.06 bits per heavy atom. The van der Waals surface area contributed by atoms with Crippen LogP contribution in [0, 0.1) is 6.92 Å². The molecule has 0 aromatic carbocycles. The number of carboxylic acids is 1. The lowest BCUT2D eigenvalue weighted by molar-refractivity contribution is 0.0695. The van der Waals surface area contributed by atoms with Gasteiger partial charge in [-0.2, -0.15) is 0 Å². The Bertz CT molecular complexity index is 433. The highest BCUT2D eigenvalue weighted by atomic mass is 16.4. The van der Waals surface area contributed by atoms with E-state index in [4.69, 9.17) is 5.11 Å². The van der Waals surface area contributed by atoms with Crippen LogP contribution in [0.4, 0.5) is 5.95 Å². The van der Waals surface area contributed by atoms with Crippen LogP contribution in [-0.4, -0.2) is 34.1 Å². The van der Waals surface area contributed by atoms with Crippen molar-refractivity contribution in [1.82, 2.24) is 9.97 Å². The zero-order valence-electron chi connectivity index (χ0n) is 9.76. The van der Waals surface area contributed by atoms with Gasteiger partial charge in [-0.25, -0.2) is 14.8 Å². The molecule has 0 aliphatic carbocycles. The molecule has 0 bridgehead atoms. The average Bonchev–Trinajstić information content (AvgIpc) is 2.28. The number of rotatable bonds is 6. The first-order valence-electron chi connectivity index (χ1n) is 5.13. The molecule has 1 aromatic heterocycles. The van der Waals surface area contributed by atoms with Gasteiger partial charge in [0.05, 0.1) is 11.3 Å². The highest BCUT2D eigenvalue weighted by Gasteiger charge is 2.12. The smallest absolute Gasteiger partial charge is 0.339 e. The number of carboxylic acid groups (broad SMARTS) is 1. The van der Waals surface area contributed by atoms with Crippen LogP contribution in [0.15, 0.2) is 31.5 Å². The van der Waals surface area contributed by atoms with E-state index >= 15 is 0 Å². The third-order valence-electron chi connectivity index (χ3n) is 2.18. The van der Waals surface area contributed by atoms with Gasteiger partial charge in [-0.1, -0.05) is 12.2 Å². The molecule has 0 spiro atoms. The molecule has 0 saturated carbocycles. The van der Waals surface area contributed by atoms with E-state index in [1.165, 1.54) is 6.20 Å². The fraction of sp³-hybridized carbons (Fsp3) is 0.250. The highest BCUT2D eigenvalue weighted by Crippen LogP contribution is 2.11. The quantitative estimate of drug-likeness (QED) is 0.757. The lowest BCUT2D eigenvalue weighted by atomic mass is 10.2. The lowest BCUT2D eigenvalue weighted by Crippen LogP contribution is -2.26. The van der Waals surface area contributed by atoms with Crippen molar-refractivity contribution in [3.63, 3.8) is 0 Å². The van der Waals surface area contributed by atoms with Crippen molar-refractivity contribution >= 4 is 11.9 Å². The number of hydrogen-bond acceptors (Lipinski definition) is 4. The molecule has 17 heavy (non-hydrogen) atoms. The summed E-state index contributed by atoms with van der Waals surface area (Å²) >= 11 is 0. The molecule has 0 aliphatic rings. The highest BCUT2D eigenvalue weighted by molar-refractivity contribution is 5.88. The second-order valence-electron chi connectivity index (χ2n) is 3.46. The maximum atomic E-state index is 10.8. The second kappa shape index (κ2) is 5.79. The van der Waals surface area contributed by atoms with E-state index in [1.807, 2.05) is 4.90 Å². The van der Waals surface area contributed by atoms with E-state index in [0.717, 1.165) is 0 Å². The summed E-state index contributed by atoms with van der Waals surface area (Å²) in [6.07, 6.45) is 4.78. The first-order valence-corrected chi connectivity index (χ1v) is 5.13. The number of aryl methyl sites for hydroxylation is 1. The standard InChI is InChI=1S/C12H15N3O2/c1-4-6-15(7-5-2)12-13-8-10(11(16)17)9(3)14-12/h4-5,8H,1-2,6-7H2,3H3,(H,16,17). The van der Waals surface area contributed by atoms with Gasteiger partial charge in [-0.15, -0.1) is 13.2 Å². The van der Waals surface area contributed by atoms with Crippen LogP contribution in [0.3, 0.4) is 0 Å². The second-order valence-corrected chi connectivity index (χ2v) is 3.46. The lowest BCUT2D eigenvalue weighted by Gasteiger charge is -2.19. The molecule has 0 radical (unpaired) electrons. The fourth-order valence-corrected chi connectivity index (χ4v) is 1.37. The monoisotopic (exact) mass is 233 g/mol. The van der Waals surface area contributed by atoms with E-state index in [-0.39, 0.29) is 5.56 Å². The van der Waals surface area contributed by atoms with Gasteiger partial charge < -0.3 is 10.0 Å². The SMILES string of the molecule is C=CCN(CC=C)c1ncc(C(=O)O)c(C)n1. The third-order valence-corrected chi connectivity index (χ3v) is 2.18. The van der Waals surface area contributed by atoms with Crippen LogP contribution in [0.2, 0.25) is 0 Å². The Morgan fingerprint density at radius 3 is 2.47 bits per heavy atom. The van der Waals surface area contributed by atoms with E-state index < -0.39 is 5.97 Å². The predicted molar refractivity (Wildman–Crippen MR) is 66.3 cm³/mol. The van der Waals surface area contributed by atoms with Gasteiger partial charge in [-0.05, 0) is 6.92 Å². The largest absolute Gasteiger partial charge is 0.478 e. The minimum atomic E-state index is -1.02. The zero-order chi connectivity index (χ0) is 12.8. The minimum absolute atomic E-state index is 0.117. The summed E-state index contributed by atoms with van der Waals surface area (Å²) in [5, 5.41) is 8.88. The summed E-state index contributed by atoms with van der Waals surface area (Å²) in [5.74, 6) is -0.541. The van der Waals surface area contributed by atoms with Crippen LogP contribution < -0.4 is 4.90 Å². The van der Waals surface area contributed by atoms with E-state index in [1.54, 1.807) is 19.1 Å². The van der Waals surface area contributed by atoms with Gasteiger partial charge in [0.25, 0.3) is 0 Å². The maximum Gasteiger partial charge on any atom is 0.339 e. The van der Waals surface area contributed by atoms with Crippen LogP contribution in [-0.2, 0) is 0 Å². The Morgan fingerprint density at radius 1 is 1.47 bits per heavy atom. The van der Waals surface area contributed by atoms with Crippen LogP contribution in [0.1, 0.15) is 16.1 Å². The van der Waals surface area contributed by atoms with Crippen molar-refractivity contribution < 1.29 is 9.90 Å². The summed E-state index contributed by atoms with van der Waals surface area (Å²) in [6, 6.07) is 0. The Hall–Kier alpha value is -2.17. The van der Waals surface area contributed by atoms with Gasteiger partial charge in [0.15, 0.2) is 0 Å². The number of aromatic nitrogens is 2. The van der Waals surface area contributed by atoms with E-state index in [2.05, 4.69) is 23.1 Å². The Kier molecular flexibility index (Phi) is 4.39. The molecule has 0 atom stereocenters. The maximum absolute atomic E-state index is 10.8. The molecule has 0 fully saturated rings. The molecule has 1 N–H and O–H groups in total. The fourth-order valence-electron chi connectivity index (χ4n) is 1.37. The van der Waals surface area contributed by atoms with Crippen molar-refractivity contribution in [2.75, 3.05) is 18.0 Å². The Balaban J connectivity index is 3.04. The molecule has 1 heterocycles. The first kappa shape index (κ1) is 12.9. The average molecular weight is 233 g/mol. The van der Waals surface area contributed by atoms with Crippen LogP contribution in [0.25, 0.3) is 0 Å². The van der Waals surface area contributed by atoms with Gasteiger partial charge in [-0.3, -0.25) is 0 Å². The van der Waals surface area contributed by atoms with Gasteiger partial charge in [0, 0.05) is 19.3 Å². The number of nitrogens with zero attached hydrogens (tertiary/aromatic N) is 3. The zero-order valence-corrected chi connectivity index (χ0v) is 9.76. The van der Waals surface area contributed by atoms with Crippen LogP contribution >= 0.6 is 0 Å². The van der Waals surface area contributed by atoms with Gasteiger partial charge >= 0.3 is 5.97 Å². The van der Waals surface area contributed by atoms with Crippen molar-refractivity contribution in [2.24, 2.45) is 0 Å².